The molecule has 0 bridgehead atoms. The van der Waals surface area contributed by atoms with Crippen LogP contribution >= 0.6 is 0 Å². The van der Waals surface area contributed by atoms with Crippen LogP contribution in [0.5, 0.6) is 0 Å². The van der Waals surface area contributed by atoms with Crippen LogP contribution < -0.4 is 5.73 Å². The summed E-state index contributed by atoms with van der Waals surface area (Å²) in [5.41, 5.74) is 7.47. The molecule has 0 amide bonds. The summed E-state index contributed by atoms with van der Waals surface area (Å²) in [7, 11) is 0. The monoisotopic (exact) mass is 247 g/mol. The van der Waals surface area contributed by atoms with Crippen molar-refractivity contribution in [3.8, 4) is 0 Å². The Balaban J connectivity index is 2.07. The molecule has 0 aromatic carbocycles. The number of hydrogen-bond donors (Lipinski definition) is 1. The molecule has 2 aromatic rings. The molecule has 0 saturated heterocycles. The topological polar surface area (TPSA) is 69.1 Å². The molecule has 2 aromatic heterocycles. The molecule has 0 aliphatic heterocycles. The van der Waals surface area contributed by atoms with E-state index >= 15 is 0 Å². The van der Waals surface area contributed by atoms with E-state index < -0.39 is 0 Å². The van der Waals surface area contributed by atoms with Crippen molar-refractivity contribution < 1.29 is 0 Å². The Bertz CT molecular complexity index is 505. The van der Waals surface area contributed by atoms with Gasteiger partial charge in [0, 0.05) is 18.2 Å². The van der Waals surface area contributed by atoms with Gasteiger partial charge in [0.05, 0.1) is 0 Å². The molecule has 5 nitrogen and oxygen atoms in total. The van der Waals surface area contributed by atoms with Crippen molar-refractivity contribution in [2.45, 2.75) is 39.5 Å². The minimum Gasteiger partial charge on any atom is -0.330 e. The summed E-state index contributed by atoms with van der Waals surface area (Å²) in [5, 5.41) is 8.42. The maximum atomic E-state index is 5.62. The third kappa shape index (κ3) is 2.85. The van der Waals surface area contributed by atoms with Crippen LogP contribution in [0.2, 0.25) is 0 Å². The van der Waals surface area contributed by atoms with Crippen LogP contribution in [0.3, 0.4) is 0 Å². The van der Waals surface area contributed by atoms with E-state index in [9.17, 15) is 0 Å². The van der Waals surface area contributed by atoms with E-state index in [0.29, 0.717) is 5.92 Å². The standard InChI is InChI=1S/C13H21N5/c1-3-11(6-7-14)4-5-12-16-17-13-8-10(2)15-9-18(12)13/h8-9,11H,3-7,14H2,1-2H3. The average molecular weight is 247 g/mol. The van der Waals surface area contributed by atoms with Crippen molar-refractivity contribution in [1.29, 1.82) is 0 Å². The molecule has 0 aliphatic rings. The van der Waals surface area contributed by atoms with Crippen LogP contribution in [0.15, 0.2) is 12.4 Å². The zero-order valence-corrected chi connectivity index (χ0v) is 11.1. The second-order valence-corrected chi connectivity index (χ2v) is 4.77. The lowest BCUT2D eigenvalue weighted by Gasteiger charge is -2.12. The first kappa shape index (κ1) is 13.0. The van der Waals surface area contributed by atoms with Gasteiger partial charge in [-0.1, -0.05) is 13.3 Å². The van der Waals surface area contributed by atoms with Crippen LogP contribution in [0.4, 0.5) is 0 Å². The largest absolute Gasteiger partial charge is 0.330 e. The number of nitrogens with zero attached hydrogens (tertiary/aromatic N) is 4. The van der Waals surface area contributed by atoms with Gasteiger partial charge in [0.2, 0.25) is 0 Å². The molecule has 1 atom stereocenters. The van der Waals surface area contributed by atoms with E-state index in [4.69, 9.17) is 5.73 Å². The van der Waals surface area contributed by atoms with Crippen LogP contribution in [-0.4, -0.2) is 26.1 Å². The highest BCUT2D eigenvalue weighted by molar-refractivity contribution is 5.37. The minimum absolute atomic E-state index is 0.681. The lowest BCUT2D eigenvalue weighted by atomic mass is 9.96. The van der Waals surface area contributed by atoms with Gasteiger partial charge < -0.3 is 5.73 Å². The average Bonchev–Trinajstić information content (AvgIpc) is 2.76. The Kier molecular flexibility index (Phi) is 4.25. The fourth-order valence-corrected chi connectivity index (χ4v) is 2.23. The lowest BCUT2D eigenvalue weighted by Crippen LogP contribution is -2.10. The van der Waals surface area contributed by atoms with E-state index in [1.807, 2.05) is 23.7 Å². The molecule has 1 unspecified atom stereocenters. The van der Waals surface area contributed by atoms with Gasteiger partial charge in [-0.05, 0) is 32.2 Å². The summed E-state index contributed by atoms with van der Waals surface area (Å²) in [6.07, 6.45) is 6.12. The molecule has 0 radical (unpaired) electrons. The van der Waals surface area contributed by atoms with Gasteiger partial charge in [0.25, 0.3) is 0 Å². The first-order chi connectivity index (χ1) is 8.74. The summed E-state index contributed by atoms with van der Waals surface area (Å²) in [6, 6.07) is 1.95. The van der Waals surface area contributed by atoms with Crippen molar-refractivity contribution in [2.24, 2.45) is 11.7 Å². The Morgan fingerprint density at radius 3 is 2.89 bits per heavy atom. The summed E-state index contributed by atoms with van der Waals surface area (Å²) in [6.45, 7) is 4.94. The molecule has 0 fully saturated rings. The van der Waals surface area contributed by atoms with Gasteiger partial charge in [-0.2, -0.15) is 0 Å². The zero-order chi connectivity index (χ0) is 13.0. The Morgan fingerprint density at radius 2 is 2.17 bits per heavy atom. The van der Waals surface area contributed by atoms with Crippen molar-refractivity contribution in [3.05, 3.63) is 23.9 Å². The lowest BCUT2D eigenvalue weighted by molar-refractivity contribution is 0.438. The van der Waals surface area contributed by atoms with E-state index in [1.54, 1.807) is 0 Å². The first-order valence-electron chi connectivity index (χ1n) is 6.61. The van der Waals surface area contributed by atoms with Crippen LogP contribution in [0.1, 0.15) is 37.7 Å². The highest BCUT2D eigenvalue weighted by Gasteiger charge is 2.10. The van der Waals surface area contributed by atoms with Gasteiger partial charge in [-0.15, -0.1) is 10.2 Å². The maximum absolute atomic E-state index is 5.62. The number of rotatable bonds is 6. The Labute approximate surface area is 107 Å². The maximum Gasteiger partial charge on any atom is 0.163 e. The summed E-state index contributed by atoms with van der Waals surface area (Å²) >= 11 is 0. The third-order valence-corrected chi connectivity index (χ3v) is 3.44. The molecule has 2 heterocycles. The summed E-state index contributed by atoms with van der Waals surface area (Å²) in [5.74, 6) is 1.67. The molecule has 98 valence electrons. The quantitative estimate of drug-likeness (QED) is 0.844. The van der Waals surface area contributed by atoms with Crippen molar-refractivity contribution in [2.75, 3.05) is 6.54 Å². The van der Waals surface area contributed by atoms with E-state index in [0.717, 1.165) is 43.0 Å². The summed E-state index contributed by atoms with van der Waals surface area (Å²) < 4.78 is 1.97. The Hall–Kier alpha value is -1.49. The fourth-order valence-electron chi connectivity index (χ4n) is 2.23. The first-order valence-corrected chi connectivity index (χ1v) is 6.61. The van der Waals surface area contributed by atoms with Crippen LogP contribution in [0, 0.1) is 12.8 Å². The predicted octanol–water partition coefficient (Wildman–Crippen LogP) is 1.74. The highest BCUT2D eigenvalue weighted by atomic mass is 15.3. The molecular formula is C13H21N5. The number of fused-ring (bicyclic) bond motifs is 1. The predicted molar refractivity (Wildman–Crippen MR) is 71.3 cm³/mol. The summed E-state index contributed by atoms with van der Waals surface area (Å²) in [4.78, 5) is 4.29. The second kappa shape index (κ2) is 5.91. The van der Waals surface area contributed by atoms with Crippen LogP contribution in [0.25, 0.3) is 5.65 Å². The van der Waals surface area contributed by atoms with Gasteiger partial charge >= 0.3 is 0 Å². The third-order valence-electron chi connectivity index (χ3n) is 3.44. The second-order valence-electron chi connectivity index (χ2n) is 4.77. The van der Waals surface area contributed by atoms with E-state index in [1.165, 1.54) is 6.42 Å². The van der Waals surface area contributed by atoms with Gasteiger partial charge in [-0.25, -0.2) is 4.98 Å². The van der Waals surface area contributed by atoms with E-state index in [-0.39, 0.29) is 0 Å². The fraction of sp³-hybridized carbons (Fsp3) is 0.615. The minimum atomic E-state index is 0.681. The molecule has 0 saturated carbocycles. The zero-order valence-electron chi connectivity index (χ0n) is 11.1. The van der Waals surface area contributed by atoms with Crippen LogP contribution in [-0.2, 0) is 6.42 Å². The van der Waals surface area contributed by atoms with Crippen molar-refractivity contribution >= 4 is 5.65 Å². The number of aryl methyl sites for hydroxylation is 2. The van der Waals surface area contributed by atoms with Crippen molar-refractivity contribution in [1.82, 2.24) is 19.6 Å². The highest BCUT2D eigenvalue weighted by Crippen LogP contribution is 2.15. The molecule has 0 aliphatic carbocycles. The number of nitrogens with two attached hydrogens (primary N) is 1. The molecule has 18 heavy (non-hydrogen) atoms. The normalized spacial score (nSPS) is 13.1. The number of aromatic nitrogens is 4. The van der Waals surface area contributed by atoms with Gasteiger partial charge in [0.15, 0.2) is 5.65 Å². The Morgan fingerprint density at radius 1 is 1.33 bits per heavy atom. The number of hydrogen-bond acceptors (Lipinski definition) is 4. The van der Waals surface area contributed by atoms with E-state index in [2.05, 4.69) is 22.1 Å². The molecule has 5 heteroatoms. The van der Waals surface area contributed by atoms with Crippen molar-refractivity contribution in [3.63, 3.8) is 0 Å². The van der Waals surface area contributed by atoms with Gasteiger partial charge in [0.1, 0.15) is 12.2 Å². The molecule has 0 spiro atoms. The SMILES string of the molecule is CCC(CCN)CCc1nnc2cc(C)ncn12. The molecular weight excluding hydrogens is 226 g/mol. The molecule has 2 rings (SSSR count). The smallest absolute Gasteiger partial charge is 0.163 e. The van der Waals surface area contributed by atoms with Gasteiger partial charge in [-0.3, -0.25) is 4.40 Å². The molecule has 2 N–H and O–H groups in total.